The van der Waals surface area contributed by atoms with Crippen molar-refractivity contribution in [2.45, 2.75) is 104 Å². The Morgan fingerprint density at radius 2 is 1.73 bits per heavy atom. The first-order valence-electron chi connectivity index (χ1n) is 26.0. The first-order chi connectivity index (χ1) is 37.3. The minimum atomic E-state index is -0.945. The minimum absolute atomic E-state index is 0.0257. The fourth-order valence-electron chi connectivity index (χ4n) is 9.76. The normalized spacial score (nSPS) is 15.4. The topological polar surface area (TPSA) is 256 Å². The lowest BCUT2D eigenvalue weighted by Crippen LogP contribution is -2.57. The van der Waals surface area contributed by atoms with Crippen LogP contribution >= 0.6 is 11.3 Å². The van der Waals surface area contributed by atoms with Gasteiger partial charge in [-0.05, 0) is 78.6 Å². The Hall–Kier alpha value is -7.98. The van der Waals surface area contributed by atoms with Crippen LogP contribution in [-0.4, -0.2) is 129 Å². The number of thiazole rings is 1. The van der Waals surface area contributed by atoms with Gasteiger partial charge >= 0.3 is 0 Å². The lowest BCUT2D eigenvalue weighted by atomic mass is 9.85. The fourth-order valence-corrected chi connectivity index (χ4v) is 10.6. The van der Waals surface area contributed by atoms with Gasteiger partial charge in [0, 0.05) is 64.9 Å². The maximum atomic E-state index is 14.9. The van der Waals surface area contributed by atoms with Crippen LogP contribution in [0.5, 0.6) is 5.75 Å². The third-order valence-corrected chi connectivity index (χ3v) is 15.0. The zero-order valence-corrected chi connectivity index (χ0v) is 45.7. The number of rotatable bonds is 21. The molecule has 1 fully saturated rings. The van der Waals surface area contributed by atoms with Crippen molar-refractivity contribution in [2.24, 2.45) is 5.41 Å². The Kier molecular flexibility index (Phi) is 17.7. The molecule has 1 saturated heterocycles. The zero-order valence-electron chi connectivity index (χ0n) is 44.9. The van der Waals surface area contributed by atoms with Gasteiger partial charge in [0.1, 0.15) is 35.1 Å². The van der Waals surface area contributed by atoms with Gasteiger partial charge in [0.2, 0.25) is 35.5 Å². The highest BCUT2D eigenvalue weighted by atomic mass is 32.1. The van der Waals surface area contributed by atoms with E-state index in [1.807, 2.05) is 58.0 Å². The van der Waals surface area contributed by atoms with Gasteiger partial charge in [-0.2, -0.15) is 9.97 Å². The molecule has 412 valence electrons. The van der Waals surface area contributed by atoms with Gasteiger partial charge < -0.3 is 56.1 Å². The second-order valence-corrected chi connectivity index (χ2v) is 21.6. The van der Waals surface area contributed by atoms with E-state index in [1.165, 1.54) is 36.1 Å². The number of benzene rings is 3. The smallest absolute Gasteiger partial charge is 0.256 e. The summed E-state index contributed by atoms with van der Waals surface area (Å²) in [6.07, 6.45) is 4.20. The van der Waals surface area contributed by atoms with Crippen LogP contribution in [0.25, 0.3) is 21.5 Å². The molecule has 1 unspecified atom stereocenters. The van der Waals surface area contributed by atoms with Crippen LogP contribution in [0.15, 0.2) is 72.4 Å². The number of hydrogen-bond donors (Lipinski definition) is 7. The number of carbonyl (C=O) groups excluding carboxylic acids is 6. The second kappa shape index (κ2) is 24.6. The number of aryl methyl sites for hydroxylation is 1. The van der Waals surface area contributed by atoms with E-state index < -0.39 is 41.2 Å². The fraction of sp³-hybridized carbons (Fsp3) is 0.411. The first kappa shape index (κ1) is 56.2. The molecule has 7 N–H and O–H groups in total. The van der Waals surface area contributed by atoms with Gasteiger partial charge in [-0.1, -0.05) is 63.9 Å². The van der Waals surface area contributed by atoms with E-state index in [-0.39, 0.29) is 79.7 Å². The maximum Gasteiger partial charge on any atom is 0.256 e. The number of likely N-dealkylation sites (tertiary alicyclic amines) is 1. The summed E-state index contributed by atoms with van der Waals surface area (Å²) in [4.78, 5) is 103. The Balaban J connectivity index is 0.793. The van der Waals surface area contributed by atoms with Crippen molar-refractivity contribution >= 4 is 86.6 Å². The monoisotopic (exact) mass is 1090 g/mol. The molecular formula is C56H67FN12O8S. The summed E-state index contributed by atoms with van der Waals surface area (Å²) in [5.74, 6) is -1.99. The number of fused-ring (bicyclic) bond motifs is 2. The molecule has 5 heterocycles. The molecule has 78 heavy (non-hydrogen) atoms. The van der Waals surface area contributed by atoms with Crippen LogP contribution in [0.2, 0.25) is 0 Å². The number of aliphatic hydroxyl groups is 1. The Morgan fingerprint density at radius 3 is 2.44 bits per heavy atom. The largest absolute Gasteiger partial charge is 0.495 e. The van der Waals surface area contributed by atoms with Crippen LogP contribution in [0.3, 0.4) is 0 Å². The number of aromatic amines is 1. The van der Waals surface area contributed by atoms with Gasteiger partial charge in [-0.25, -0.2) is 9.37 Å². The average Bonchev–Trinajstić information content (AvgIpc) is 4.25. The van der Waals surface area contributed by atoms with E-state index in [0.717, 1.165) is 27.3 Å². The number of ether oxygens (including phenoxy) is 1. The molecule has 0 bridgehead atoms. The predicted octanol–water partition coefficient (Wildman–Crippen LogP) is 6.88. The highest BCUT2D eigenvalue weighted by molar-refractivity contribution is 7.13. The number of aliphatic hydroxyl groups excluding tert-OH is 1. The highest BCUT2D eigenvalue weighted by Gasteiger charge is 2.44. The maximum absolute atomic E-state index is 14.9. The number of methoxy groups -OCH3 is 1. The average molecular weight is 1090 g/mol. The number of carbonyl (C=O) groups is 6. The third-order valence-electron chi connectivity index (χ3n) is 14.0. The molecule has 8 rings (SSSR count). The third kappa shape index (κ3) is 13.0. The number of nitrogens with zero attached hydrogens (tertiary/aromatic N) is 6. The second-order valence-electron chi connectivity index (χ2n) is 20.7. The summed E-state index contributed by atoms with van der Waals surface area (Å²) >= 11 is 1.56. The van der Waals surface area contributed by atoms with E-state index in [2.05, 4.69) is 46.5 Å². The van der Waals surface area contributed by atoms with Crippen molar-refractivity contribution in [1.82, 2.24) is 45.7 Å². The number of β-amino-alcohol motifs (C(OH)–C–C–N with tert-alkyl or cyclic N) is 1. The van der Waals surface area contributed by atoms with E-state index in [9.17, 15) is 38.3 Å². The molecule has 20 nitrogen and oxygen atoms in total. The number of anilines is 5. The number of amides is 6. The van der Waals surface area contributed by atoms with Crippen LogP contribution in [-0.2, 0) is 36.9 Å². The molecule has 3 atom stereocenters. The summed E-state index contributed by atoms with van der Waals surface area (Å²) in [6, 6.07) is 15.6. The van der Waals surface area contributed by atoms with Crippen LogP contribution < -0.4 is 36.2 Å². The van der Waals surface area contributed by atoms with Crippen molar-refractivity contribution in [2.75, 3.05) is 56.4 Å². The number of H-pyrrole nitrogens is 1. The number of nitrogens with one attached hydrogen (secondary N) is 6. The zero-order chi connectivity index (χ0) is 55.8. The number of unbranched alkanes of at least 4 members (excludes halogenated alkanes) is 3. The lowest BCUT2D eigenvalue weighted by Gasteiger charge is -2.35. The van der Waals surface area contributed by atoms with Crippen molar-refractivity contribution in [3.05, 3.63) is 101 Å². The van der Waals surface area contributed by atoms with Gasteiger partial charge in [-0.3, -0.25) is 28.8 Å². The minimum Gasteiger partial charge on any atom is -0.495 e. The van der Waals surface area contributed by atoms with Gasteiger partial charge in [0.25, 0.3) is 5.91 Å². The SMILES string of the molecule is CNC(=O)c1c(F)cccc1Nc1nc(Nc2cc3c(cc2OC)CCN3C(=O)CN(C)C(=O)CCCCCCC(=O)NC(C(=O)N2C[C@H](O)C[C@H]2C(=O)NCc2ccc(-c3scnc3C)cc2)C(C)(C)C)nc2[nH]ccc12. The number of aromatic nitrogens is 4. The van der Waals surface area contributed by atoms with Crippen molar-refractivity contribution in [1.29, 1.82) is 0 Å². The summed E-state index contributed by atoms with van der Waals surface area (Å²) in [7, 11) is 4.54. The van der Waals surface area contributed by atoms with Crippen LogP contribution in [0, 0.1) is 18.2 Å². The summed E-state index contributed by atoms with van der Waals surface area (Å²) in [6.45, 7) is 7.95. The molecular weight excluding hydrogens is 1020 g/mol. The van der Waals surface area contributed by atoms with Crippen molar-refractivity contribution in [3.63, 3.8) is 0 Å². The molecule has 3 aromatic carbocycles. The summed E-state index contributed by atoms with van der Waals surface area (Å²) in [5, 5.41) is 25.8. The molecule has 0 saturated carbocycles. The predicted molar refractivity (Wildman–Crippen MR) is 296 cm³/mol. The quantitative estimate of drug-likeness (QED) is 0.0363. The van der Waals surface area contributed by atoms with E-state index in [1.54, 1.807) is 53.2 Å². The molecule has 6 amide bonds. The molecule has 3 aromatic heterocycles. The van der Waals surface area contributed by atoms with E-state index in [0.29, 0.717) is 72.6 Å². The van der Waals surface area contributed by atoms with Gasteiger partial charge in [0.15, 0.2) is 0 Å². The Bertz CT molecular complexity index is 3190. The molecule has 0 radical (unpaired) electrons. The lowest BCUT2D eigenvalue weighted by molar-refractivity contribution is -0.144. The van der Waals surface area contributed by atoms with Gasteiger partial charge in [-0.15, -0.1) is 11.3 Å². The number of hydrogen-bond acceptors (Lipinski definition) is 14. The van der Waals surface area contributed by atoms with Crippen molar-refractivity contribution < 1.29 is 43.0 Å². The number of halogens is 1. The van der Waals surface area contributed by atoms with E-state index >= 15 is 0 Å². The van der Waals surface area contributed by atoms with Crippen LogP contribution in [0.4, 0.5) is 33.2 Å². The number of likely N-dealkylation sites (N-methyl/N-ethyl adjacent to an activating group) is 1. The molecule has 22 heteroatoms. The van der Waals surface area contributed by atoms with E-state index in [4.69, 9.17) is 4.74 Å². The summed E-state index contributed by atoms with van der Waals surface area (Å²) in [5.41, 5.74) is 6.43. The molecule has 6 aromatic rings. The van der Waals surface area contributed by atoms with Crippen LogP contribution in [0.1, 0.15) is 92.9 Å². The Morgan fingerprint density at radius 1 is 0.974 bits per heavy atom. The Labute approximate surface area is 455 Å². The van der Waals surface area contributed by atoms with Crippen molar-refractivity contribution in [3.8, 4) is 16.2 Å². The molecule has 2 aliphatic rings. The standard InChI is InChI=1S/C56H67FN12O8S/c1-32-48(78-31-61-32)34-19-17-33(18-20-34)28-60-52(74)42-26-36(70)29-69(42)54(76)49(56(2,3)4)64-44(71)15-10-8-9-11-16-45(72)67(6)30-46(73)68-24-22-35-25-43(77-7)40(27-41(35)68)63-55-65-50-37(21-23-59-50)51(66-55)62-39-14-12-13-38(57)47(39)53(75)58-5/h12-14,17-21,23,25,27,31,36,42,49,70H,8-11,15-16,22,24,26,28-30H2,1-7H3,(H,58,75)(H,60,74)(H,64,71)(H3,59,62,63,65,66)/t36-,42+,49?/m1/s1. The highest BCUT2D eigenvalue weighted by Crippen LogP contribution is 2.39. The molecule has 0 aliphatic carbocycles. The van der Waals surface area contributed by atoms with Gasteiger partial charge in [0.05, 0.1) is 58.2 Å². The summed E-state index contributed by atoms with van der Waals surface area (Å²) < 4.78 is 20.6. The first-order valence-corrected chi connectivity index (χ1v) is 26.9. The molecule has 2 aliphatic heterocycles. The molecule has 0 spiro atoms.